The molecule has 0 unspecified atom stereocenters. The Kier molecular flexibility index (Phi) is 3.76. The lowest BCUT2D eigenvalue weighted by Crippen LogP contribution is -2.10. The number of rotatable bonds is 3. The van der Waals surface area contributed by atoms with E-state index in [1.165, 1.54) is 35.9 Å². The van der Waals surface area contributed by atoms with Gasteiger partial charge in [-0.1, -0.05) is 0 Å². The van der Waals surface area contributed by atoms with E-state index in [0.29, 0.717) is 28.2 Å². The summed E-state index contributed by atoms with van der Waals surface area (Å²) in [6.45, 7) is 1.71. The summed E-state index contributed by atoms with van der Waals surface area (Å²) in [4.78, 5) is 27.9. The molecule has 2 heterocycles. The molecule has 0 radical (unpaired) electrons. The van der Waals surface area contributed by atoms with E-state index in [9.17, 15) is 9.59 Å². The third-order valence-electron chi connectivity index (χ3n) is 3.26. The van der Waals surface area contributed by atoms with Crippen LogP contribution in [0.2, 0.25) is 0 Å². The SMILES string of the molecule is COC(=O)c1ccc(OC(=O)c2c(C)nn3cccnc23)cc1. The average molecular weight is 311 g/mol. The van der Waals surface area contributed by atoms with Crippen LogP contribution in [0, 0.1) is 6.92 Å². The zero-order valence-electron chi connectivity index (χ0n) is 12.5. The third-order valence-corrected chi connectivity index (χ3v) is 3.26. The van der Waals surface area contributed by atoms with E-state index in [1.807, 2.05) is 0 Å². The Balaban J connectivity index is 1.86. The fourth-order valence-electron chi connectivity index (χ4n) is 2.17. The first-order valence-corrected chi connectivity index (χ1v) is 6.80. The second kappa shape index (κ2) is 5.88. The topological polar surface area (TPSA) is 82.8 Å². The van der Waals surface area contributed by atoms with Crippen LogP contribution in [0.25, 0.3) is 5.65 Å². The lowest BCUT2D eigenvalue weighted by molar-refractivity contribution is 0.0600. The van der Waals surface area contributed by atoms with Crippen molar-refractivity contribution >= 4 is 17.6 Å². The monoisotopic (exact) mass is 311 g/mol. The van der Waals surface area contributed by atoms with Gasteiger partial charge >= 0.3 is 11.9 Å². The molecule has 7 nitrogen and oxygen atoms in total. The summed E-state index contributed by atoms with van der Waals surface area (Å²) in [5.74, 6) is -0.690. The van der Waals surface area contributed by atoms with E-state index < -0.39 is 11.9 Å². The minimum atomic E-state index is -0.554. The normalized spacial score (nSPS) is 10.5. The number of aromatic nitrogens is 3. The molecule has 0 bridgehead atoms. The molecule has 0 saturated carbocycles. The predicted octanol–water partition coefficient (Wildman–Crippen LogP) is 2.04. The molecule has 1 aromatic carbocycles. The van der Waals surface area contributed by atoms with Crippen molar-refractivity contribution in [2.24, 2.45) is 0 Å². The Labute approximate surface area is 131 Å². The van der Waals surface area contributed by atoms with Gasteiger partial charge in [0.2, 0.25) is 0 Å². The van der Waals surface area contributed by atoms with Crippen LogP contribution in [-0.4, -0.2) is 33.6 Å². The Morgan fingerprint density at radius 1 is 1.13 bits per heavy atom. The maximum absolute atomic E-state index is 12.4. The van der Waals surface area contributed by atoms with Crippen molar-refractivity contribution in [3.05, 3.63) is 59.5 Å². The number of carbonyl (C=O) groups is 2. The smallest absolute Gasteiger partial charge is 0.349 e. The van der Waals surface area contributed by atoms with Crippen LogP contribution in [0.15, 0.2) is 42.7 Å². The molecule has 0 aliphatic carbocycles. The number of nitrogens with zero attached hydrogens (tertiary/aromatic N) is 3. The highest BCUT2D eigenvalue weighted by molar-refractivity contribution is 5.98. The number of hydrogen-bond acceptors (Lipinski definition) is 6. The van der Waals surface area contributed by atoms with Crippen LogP contribution >= 0.6 is 0 Å². The predicted molar refractivity (Wildman–Crippen MR) is 80.5 cm³/mol. The van der Waals surface area contributed by atoms with Gasteiger partial charge in [-0.2, -0.15) is 5.10 Å². The van der Waals surface area contributed by atoms with Crippen LogP contribution in [-0.2, 0) is 4.74 Å². The Morgan fingerprint density at radius 2 is 1.87 bits per heavy atom. The first-order chi connectivity index (χ1) is 11.1. The molecular formula is C16H13N3O4. The highest BCUT2D eigenvalue weighted by Crippen LogP contribution is 2.18. The molecule has 0 N–H and O–H groups in total. The summed E-state index contributed by atoms with van der Waals surface area (Å²) in [5.41, 5.74) is 1.64. The molecule has 23 heavy (non-hydrogen) atoms. The Bertz CT molecular complexity index is 884. The summed E-state index contributed by atoms with van der Waals surface area (Å²) >= 11 is 0. The van der Waals surface area contributed by atoms with Gasteiger partial charge in [0.15, 0.2) is 5.65 Å². The number of benzene rings is 1. The molecule has 3 aromatic rings. The van der Waals surface area contributed by atoms with Gasteiger partial charge in [-0.15, -0.1) is 0 Å². The molecule has 3 rings (SSSR count). The van der Waals surface area contributed by atoms with E-state index in [0.717, 1.165) is 0 Å². The number of esters is 2. The van der Waals surface area contributed by atoms with E-state index >= 15 is 0 Å². The van der Waals surface area contributed by atoms with Gasteiger partial charge in [-0.05, 0) is 37.3 Å². The third kappa shape index (κ3) is 2.76. The number of fused-ring (bicyclic) bond motifs is 1. The summed E-state index contributed by atoms with van der Waals surface area (Å²) in [6, 6.07) is 7.82. The molecule has 7 heteroatoms. The molecule has 0 fully saturated rings. The maximum atomic E-state index is 12.4. The lowest BCUT2D eigenvalue weighted by atomic mass is 10.2. The quantitative estimate of drug-likeness (QED) is 0.544. The van der Waals surface area contributed by atoms with Gasteiger partial charge in [-0.25, -0.2) is 19.1 Å². The minimum Gasteiger partial charge on any atom is -0.465 e. The summed E-state index contributed by atoms with van der Waals surface area (Å²) in [5, 5.41) is 4.22. The van der Waals surface area contributed by atoms with Gasteiger partial charge in [-0.3, -0.25) is 0 Å². The van der Waals surface area contributed by atoms with Crippen molar-refractivity contribution < 1.29 is 19.1 Å². The second-order valence-electron chi connectivity index (χ2n) is 4.75. The molecular weight excluding hydrogens is 298 g/mol. The molecule has 0 aliphatic heterocycles. The second-order valence-corrected chi connectivity index (χ2v) is 4.75. The van der Waals surface area contributed by atoms with Gasteiger partial charge in [0, 0.05) is 12.4 Å². The Hall–Kier alpha value is -3.22. The molecule has 2 aromatic heterocycles. The molecule has 0 atom stereocenters. The van der Waals surface area contributed by atoms with Gasteiger partial charge in [0.25, 0.3) is 0 Å². The van der Waals surface area contributed by atoms with Gasteiger partial charge in [0.1, 0.15) is 11.3 Å². The average Bonchev–Trinajstić information content (AvgIpc) is 2.90. The van der Waals surface area contributed by atoms with Crippen LogP contribution in [0.5, 0.6) is 5.75 Å². The van der Waals surface area contributed by atoms with E-state index in [-0.39, 0.29) is 0 Å². The molecule has 0 saturated heterocycles. The standard InChI is InChI=1S/C16H13N3O4/c1-10-13(14-17-8-3-9-19(14)18-10)16(21)23-12-6-4-11(5-7-12)15(20)22-2/h3-9H,1-2H3. The van der Waals surface area contributed by atoms with Crippen molar-refractivity contribution in [3.8, 4) is 5.75 Å². The number of hydrogen-bond donors (Lipinski definition) is 0. The highest BCUT2D eigenvalue weighted by atomic mass is 16.5. The fraction of sp³-hybridized carbons (Fsp3) is 0.125. The first-order valence-electron chi connectivity index (χ1n) is 6.80. The first kappa shape index (κ1) is 14.7. The van der Waals surface area contributed by atoms with Crippen molar-refractivity contribution in [1.29, 1.82) is 0 Å². The Morgan fingerprint density at radius 3 is 2.57 bits per heavy atom. The fourth-order valence-corrected chi connectivity index (χ4v) is 2.17. The van der Waals surface area contributed by atoms with Gasteiger partial charge in [0.05, 0.1) is 18.4 Å². The van der Waals surface area contributed by atoms with Gasteiger partial charge < -0.3 is 9.47 Å². The number of methoxy groups -OCH3 is 1. The summed E-state index contributed by atoms with van der Waals surface area (Å²) < 4.78 is 11.5. The lowest BCUT2D eigenvalue weighted by Gasteiger charge is -2.04. The molecule has 0 amide bonds. The molecule has 0 spiro atoms. The molecule has 116 valence electrons. The zero-order chi connectivity index (χ0) is 16.4. The van der Waals surface area contributed by atoms with Crippen molar-refractivity contribution in [2.45, 2.75) is 6.92 Å². The zero-order valence-corrected chi connectivity index (χ0v) is 12.5. The van der Waals surface area contributed by atoms with Crippen LogP contribution < -0.4 is 4.74 Å². The number of ether oxygens (including phenoxy) is 2. The van der Waals surface area contributed by atoms with E-state index in [1.54, 1.807) is 25.4 Å². The maximum Gasteiger partial charge on any atom is 0.349 e. The van der Waals surface area contributed by atoms with E-state index in [2.05, 4.69) is 14.8 Å². The molecule has 0 aliphatic rings. The number of carbonyl (C=O) groups excluding carboxylic acids is 2. The largest absolute Gasteiger partial charge is 0.465 e. The summed E-state index contributed by atoms with van der Waals surface area (Å²) in [6.07, 6.45) is 3.29. The highest BCUT2D eigenvalue weighted by Gasteiger charge is 2.20. The van der Waals surface area contributed by atoms with Crippen LogP contribution in [0.4, 0.5) is 0 Å². The van der Waals surface area contributed by atoms with Crippen LogP contribution in [0.3, 0.4) is 0 Å². The van der Waals surface area contributed by atoms with Crippen molar-refractivity contribution in [2.75, 3.05) is 7.11 Å². The summed E-state index contributed by atoms with van der Waals surface area (Å²) in [7, 11) is 1.30. The van der Waals surface area contributed by atoms with Crippen molar-refractivity contribution in [3.63, 3.8) is 0 Å². The van der Waals surface area contributed by atoms with Crippen LogP contribution in [0.1, 0.15) is 26.4 Å². The van der Waals surface area contributed by atoms with E-state index in [4.69, 9.17) is 4.74 Å². The number of aryl methyl sites for hydroxylation is 1. The minimum absolute atomic E-state index is 0.308. The van der Waals surface area contributed by atoms with Crippen molar-refractivity contribution in [1.82, 2.24) is 14.6 Å².